The van der Waals surface area contributed by atoms with E-state index in [0.29, 0.717) is 29.7 Å². The van der Waals surface area contributed by atoms with Gasteiger partial charge in [0.15, 0.2) is 11.5 Å². The molecule has 0 saturated heterocycles. The average Bonchev–Trinajstić information content (AvgIpc) is 2.47. The summed E-state index contributed by atoms with van der Waals surface area (Å²) >= 11 is 8.32. The van der Waals surface area contributed by atoms with Crippen LogP contribution in [0.25, 0.3) is 0 Å². The highest BCUT2D eigenvalue weighted by atomic mass is 79.9. The van der Waals surface area contributed by atoms with Crippen LogP contribution in [-0.4, -0.2) is 16.6 Å². The molecule has 110 valence electrons. The van der Waals surface area contributed by atoms with Gasteiger partial charge in [0.1, 0.15) is 11.6 Å². The number of halogens is 1. The summed E-state index contributed by atoms with van der Waals surface area (Å²) < 4.78 is 12.3. The van der Waals surface area contributed by atoms with Crippen molar-refractivity contribution in [2.75, 3.05) is 6.61 Å². The molecular weight excluding hydrogens is 352 g/mol. The summed E-state index contributed by atoms with van der Waals surface area (Å²) in [5.74, 6) is 1.27. The summed E-state index contributed by atoms with van der Waals surface area (Å²) in [6, 6.07) is 9.22. The first kappa shape index (κ1) is 15.7. The first-order valence-electron chi connectivity index (χ1n) is 6.40. The fourth-order valence-electron chi connectivity index (χ4n) is 1.69. The van der Waals surface area contributed by atoms with Crippen molar-refractivity contribution >= 4 is 33.1 Å². The Kier molecular flexibility index (Phi) is 5.52. The van der Waals surface area contributed by atoms with E-state index in [1.54, 1.807) is 18.3 Å². The van der Waals surface area contributed by atoms with Gasteiger partial charge in [0.2, 0.25) is 0 Å². The average molecular weight is 367 g/mol. The van der Waals surface area contributed by atoms with Gasteiger partial charge in [0.25, 0.3) is 0 Å². The van der Waals surface area contributed by atoms with E-state index >= 15 is 0 Å². The Bertz CT molecular complexity index is 632. The maximum absolute atomic E-state index is 5.76. The second-order valence-corrected chi connectivity index (χ2v) is 5.57. The summed E-state index contributed by atoms with van der Waals surface area (Å²) in [4.78, 5) is 4.59. The second-order valence-electron chi connectivity index (χ2n) is 4.22. The zero-order valence-electron chi connectivity index (χ0n) is 11.5. The van der Waals surface area contributed by atoms with Gasteiger partial charge < -0.3 is 15.2 Å². The molecule has 2 N–H and O–H groups in total. The molecule has 0 bridgehead atoms. The van der Waals surface area contributed by atoms with Gasteiger partial charge in [-0.15, -0.1) is 0 Å². The summed E-state index contributed by atoms with van der Waals surface area (Å²) in [6.07, 6.45) is 1.73. The van der Waals surface area contributed by atoms with Gasteiger partial charge in [-0.2, -0.15) is 0 Å². The third kappa shape index (κ3) is 4.41. The van der Waals surface area contributed by atoms with Gasteiger partial charge in [-0.3, -0.25) is 4.98 Å². The lowest BCUT2D eigenvalue weighted by atomic mass is 10.2. The quantitative estimate of drug-likeness (QED) is 0.793. The Hall–Kier alpha value is -1.66. The summed E-state index contributed by atoms with van der Waals surface area (Å²) in [6.45, 7) is 2.81. The van der Waals surface area contributed by atoms with Crippen molar-refractivity contribution in [3.8, 4) is 11.5 Å². The molecule has 0 aliphatic rings. The van der Waals surface area contributed by atoms with Crippen molar-refractivity contribution < 1.29 is 9.47 Å². The first-order chi connectivity index (χ1) is 10.1. The third-order valence-corrected chi connectivity index (χ3v) is 3.40. The minimum atomic E-state index is 0.331. The second kappa shape index (κ2) is 7.38. The van der Waals surface area contributed by atoms with Crippen molar-refractivity contribution in [1.82, 2.24) is 4.98 Å². The normalized spacial score (nSPS) is 10.2. The van der Waals surface area contributed by atoms with Crippen molar-refractivity contribution in [1.29, 1.82) is 0 Å². The maximum atomic E-state index is 5.76. The van der Waals surface area contributed by atoms with Crippen LogP contribution in [0, 0.1) is 0 Å². The van der Waals surface area contributed by atoms with E-state index in [1.807, 2.05) is 25.1 Å². The zero-order valence-corrected chi connectivity index (χ0v) is 13.9. The lowest BCUT2D eigenvalue weighted by Crippen LogP contribution is -2.10. The minimum Gasteiger partial charge on any atom is -0.490 e. The van der Waals surface area contributed by atoms with Gasteiger partial charge in [-0.05, 0) is 53.2 Å². The summed E-state index contributed by atoms with van der Waals surface area (Å²) in [5.41, 5.74) is 7.21. The van der Waals surface area contributed by atoms with Crippen molar-refractivity contribution in [3.05, 3.63) is 52.3 Å². The lowest BCUT2D eigenvalue weighted by Gasteiger charge is -2.13. The number of hydrogen-bond donors (Lipinski definition) is 1. The van der Waals surface area contributed by atoms with E-state index in [9.17, 15) is 0 Å². The van der Waals surface area contributed by atoms with Crippen LogP contribution in [0.3, 0.4) is 0 Å². The Morgan fingerprint density at radius 2 is 2.05 bits per heavy atom. The summed E-state index contributed by atoms with van der Waals surface area (Å²) in [7, 11) is 0. The molecule has 1 aromatic heterocycles. The number of ether oxygens (including phenoxy) is 2. The van der Waals surface area contributed by atoms with Crippen LogP contribution < -0.4 is 15.2 Å². The van der Waals surface area contributed by atoms with Crippen LogP contribution >= 0.6 is 28.1 Å². The Balaban J connectivity index is 2.14. The van der Waals surface area contributed by atoms with Gasteiger partial charge in [-0.1, -0.05) is 12.2 Å². The Morgan fingerprint density at radius 1 is 1.24 bits per heavy atom. The molecule has 1 aromatic carbocycles. The van der Waals surface area contributed by atoms with Crippen LogP contribution in [0.2, 0.25) is 0 Å². The molecule has 0 saturated carbocycles. The van der Waals surface area contributed by atoms with Crippen LogP contribution in [0.5, 0.6) is 11.5 Å². The molecule has 0 unspecified atom stereocenters. The van der Waals surface area contributed by atoms with Crippen LogP contribution in [0.1, 0.15) is 18.2 Å². The molecule has 0 aliphatic carbocycles. The smallest absolute Gasteiger partial charge is 0.161 e. The molecule has 0 amide bonds. The molecule has 0 aliphatic heterocycles. The van der Waals surface area contributed by atoms with Gasteiger partial charge in [0.05, 0.1) is 12.3 Å². The highest BCUT2D eigenvalue weighted by Crippen LogP contribution is 2.29. The number of benzene rings is 1. The van der Waals surface area contributed by atoms with Crippen LogP contribution in [0.4, 0.5) is 0 Å². The molecule has 21 heavy (non-hydrogen) atoms. The molecule has 2 aromatic rings. The molecule has 4 nitrogen and oxygen atoms in total. The predicted octanol–water partition coefficient (Wildman–Crippen LogP) is 3.46. The number of rotatable bonds is 6. The fraction of sp³-hybridized carbons (Fsp3) is 0.200. The topological polar surface area (TPSA) is 57.4 Å². The molecular formula is C15H15BrN2O2S. The number of aromatic nitrogens is 1. The van der Waals surface area contributed by atoms with Crippen molar-refractivity contribution in [2.24, 2.45) is 5.73 Å². The van der Waals surface area contributed by atoms with Gasteiger partial charge >= 0.3 is 0 Å². The van der Waals surface area contributed by atoms with Crippen molar-refractivity contribution in [2.45, 2.75) is 13.5 Å². The van der Waals surface area contributed by atoms with E-state index < -0.39 is 0 Å². The number of nitrogens with two attached hydrogens (primary N) is 1. The van der Waals surface area contributed by atoms with E-state index in [2.05, 4.69) is 20.9 Å². The zero-order chi connectivity index (χ0) is 15.2. The number of hydrogen-bond acceptors (Lipinski definition) is 4. The molecule has 0 atom stereocenters. The highest BCUT2D eigenvalue weighted by Gasteiger charge is 2.08. The fourth-order valence-corrected chi connectivity index (χ4v) is 2.05. The number of thiocarbonyl (C=S) groups is 1. The van der Waals surface area contributed by atoms with Gasteiger partial charge in [0, 0.05) is 16.2 Å². The number of nitrogens with zero attached hydrogens (tertiary/aromatic N) is 1. The minimum absolute atomic E-state index is 0.331. The summed E-state index contributed by atoms with van der Waals surface area (Å²) in [5, 5.41) is 0. The molecule has 0 fully saturated rings. The van der Waals surface area contributed by atoms with Crippen LogP contribution in [0.15, 0.2) is 41.0 Å². The van der Waals surface area contributed by atoms with E-state index in [0.717, 1.165) is 15.7 Å². The first-order valence-corrected chi connectivity index (χ1v) is 7.60. The standard InChI is InChI=1S/C15H15BrN2O2S/c1-2-19-14-7-10(15(17)21)3-6-13(14)20-9-12-5-4-11(16)8-18-12/h3-8H,2,9H2,1H3,(H2,17,21). The molecule has 2 rings (SSSR count). The predicted molar refractivity (Wildman–Crippen MR) is 89.8 cm³/mol. The monoisotopic (exact) mass is 366 g/mol. The third-order valence-electron chi connectivity index (χ3n) is 2.69. The van der Waals surface area contributed by atoms with Crippen LogP contribution in [-0.2, 0) is 6.61 Å². The maximum Gasteiger partial charge on any atom is 0.161 e. The van der Waals surface area contributed by atoms with Crippen molar-refractivity contribution in [3.63, 3.8) is 0 Å². The molecule has 6 heteroatoms. The Labute approximate surface area is 137 Å². The largest absolute Gasteiger partial charge is 0.490 e. The van der Waals surface area contributed by atoms with Gasteiger partial charge in [-0.25, -0.2) is 0 Å². The molecule has 1 heterocycles. The lowest BCUT2D eigenvalue weighted by molar-refractivity contribution is 0.266. The van der Waals surface area contributed by atoms with E-state index in [4.69, 9.17) is 27.4 Å². The van der Waals surface area contributed by atoms with E-state index in [-0.39, 0.29) is 0 Å². The Morgan fingerprint density at radius 3 is 2.67 bits per heavy atom. The number of pyridine rings is 1. The molecule has 0 radical (unpaired) electrons. The van der Waals surface area contributed by atoms with E-state index in [1.165, 1.54) is 0 Å². The highest BCUT2D eigenvalue weighted by molar-refractivity contribution is 9.10. The SMILES string of the molecule is CCOc1cc(C(N)=S)ccc1OCc1ccc(Br)cn1. The molecule has 0 spiro atoms.